The molecule has 1 aliphatic rings. The topological polar surface area (TPSA) is 0 Å². The fourth-order valence-electron chi connectivity index (χ4n) is 0.633. The normalized spacial score (nSPS) is 15.1. The summed E-state index contributed by atoms with van der Waals surface area (Å²) in [5.41, 5.74) is 2.15. The van der Waals surface area contributed by atoms with Crippen molar-refractivity contribution in [1.29, 1.82) is 0 Å². The fraction of sp³-hybridized carbons (Fsp3) is 0.250. The van der Waals surface area contributed by atoms with Crippen molar-refractivity contribution in [3.63, 3.8) is 0 Å². The molecule has 0 N–H and O–H groups in total. The third-order valence-corrected chi connectivity index (χ3v) is 1.11. The number of hydrogen-bond donors (Lipinski definition) is 0. The molecule has 1 aliphatic carbocycles. The average Bonchev–Trinajstić information content (AvgIpc) is 2.14. The maximum atomic E-state index is 3.70. The Bertz CT molecular complexity index is 196. The molecule has 0 nitrogen and oxygen atoms in total. The highest BCUT2D eigenvalue weighted by Gasteiger charge is 1.94. The highest BCUT2D eigenvalue weighted by molar-refractivity contribution is 5.52. The summed E-state index contributed by atoms with van der Waals surface area (Å²) in [6, 6.07) is 0. The van der Waals surface area contributed by atoms with Crippen molar-refractivity contribution in [2.45, 2.75) is 13.3 Å². The van der Waals surface area contributed by atoms with Crippen molar-refractivity contribution >= 4 is 0 Å². The van der Waals surface area contributed by atoms with Crippen LogP contribution in [0.3, 0.4) is 0 Å². The minimum absolute atomic E-state index is 0.946. The Kier molecular flexibility index (Phi) is 1.22. The molecule has 1 rings (SSSR count). The average molecular weight is 104 g/mol. The first-order chi connectivity index (χ1) is 3.83. The van der Waals surface area contributed by atoms with Gasteiger partial charge in [-0.2, -0.15) is 0 Å². The molecule has 8 heavy (non-hydrogen) atoms. The van der Waals surface area contributed by atoms with Crippen LogP contribution in [-0.4, -0.2) is 0 Å². The summed E-state index contributed by atoms with van der Waals surface area (Å²) in [4.78, 5) is 0. The minimum Gasteiger partial charge on any atom is -0.0832 e. The molecule has 0 aromatic heterocycles. The lowest BCUT2D eigenvalue weighted by atomic mass is 10.2. The van der Waals surface area contributed by atoms with Crippen LogP contribution in [0.25, 0.3) is 0 Å². The number of rotatable bonds is 1. The Hall–Kier alpha value is -0.960. The van der Waals surface area contributed by atoms with Gasteiger partial charge < -0.3 is 0 Å². The van der Waals surface area contributed by atoms with Crippen molar-refractivity contribution < 1.29 is 0 Å². The third kappa shape index (κ3) is 0.816. The van der Waals surface area contributed by atoms with E-state index < -0.39 is 0 Å². The number of hydrogen-bond acceptors (Lipinski definition) is 0. The maximum absolute atomic E-state index is 3.70. The molecule has 0 saturated carbocycles. The van der Waals surface area contributed by atoms with Gasteiger partial charge in [0, 0.05) is 11.1 Å². The van der Waals surface area contributed by atoms with Gasteiger partial charge in [0.25, 0.3) is 0 Å². The van der Waals surface area contributed by atoms with Gasteiger partial charge in [-0.1, -0.05) is 25.3 Å². The van der Waals surface area contributed by atoms with Crippen LogP contribution in [0.2, 0.25) is 0 Å². The molecule has 0 aromatic carbocycles. The summed E-state index contributed by atoms with van der Waals surface area (Å²) in [5.74, 6) is 5.85. The standard InChI is InChI=1S/C8H8/c1-3-8-5-4-7(2)6-8/h6H,2-3H2,1H3. The van der Waals surface area contributed by atoms with Gasteiger partial charge in [-0.3, -0.25) is 0 Å². The molecule has 0 fully saturated rings. The highest BCUT2D eigenvalue weighted by atomic mass is 14.0. The summed E-state index contributed by atoms with van der Waals surface area (Å²) >= 11 is 0. The second kappa shape index (κ2) is 1.88. The summed E-state index contributed by atoms with van der Waals surface area (Å²) in [6.45, 7) is 5.80. The Morgan fingerprint density at radius 1 is 1.62 bits per heavy atom. The fourth-order valence-corrected chi connectivity index (χ4v) is 0.633. The van der Waals surface area contributed by atoms with E-state index in [-0.39, 0.29) is 0 Å². The summed E-state index contributed by atoms with van der Waals surface area (Å²) in [5, 5.41) is 0. The molecule has 0 aromatic rings. The van der Waals surface area contributed by atoms with E-state index in [1.165, 1.54) is 5.57 Å². The Morgan fingerprint density at radius 3 is 2.62 bits per heavy atom. The molecular formula is C8H8. The molecule has 0 bridgehead atoms. The predicted molar refractivity (Wildman–Crippen MR) is 35.3 cm³/mol. The first kappa shape index (κ1) is 5.18. The van der Waals surface area contributed by atoms with Crippen LogP contribution in [0, 0.1) is 11.8 Å². The molecule has 0 heteroatoms. The van der Waals surface area contributed by atoms with E-state index in [1.807, 2.05) is 6.08 Å². The summed E-state index contributed by atoms with van der Waals surface area (Å²) in [6.07, 6.45) is 3.03. The molecule has 0 spiro atoms. The molecule has 0 saturated heterocycles. The van der Waals surface area contributed by atoms with Crippen molar-refractivity contribution in [1.82, 2.24) is 0 Å². The van der Waals surface area contributed by atoms with Crippen LogP contribution in [0.5, 0.6) is 0 Å². The maximum Gasteiger partial charge on any atom is 0.0186 e. The Morgan fingerprint density at radius 2 is 2.38 bits per heavy atom. The van der Waals surface area contributed by atoms with Gasteiger partial charge in [-0.05, 0) is 12.5 Å². The quantitative estimate of drug-likeness (QED) is 0.446. The predicted octanol–water partition coefficient (Wildman–Crippen LogP) is 1.90. The first-order valence-electron chi connectivity index (χ1n) is 2.74. The van der Waals surface area contributed by atoms with Crippen LogP contribution in [0.1, 0.15) is 13.3 Å². The van der Waals surface area contributed by atoms with Gasteiger partial charge in [0.2, 0.25) is 0 Å². The van der Waals surface area contributed by atoms with Gasteiger partial charge in [0.1, 0.15) is 0 Å². The Balaban J connectivity index is 2.79. The zero-order valence-electron chi connectivity index (χ0n) is 4.99. The molecule has 0 unspecified atom stereocenters. The molecule has 0 radical (unpaired) electrons. The molecular weight excluding hydrogens is 96.1 g/mol. The molecule has 0 aliphatic heterocycles. The van der Waals surface area contributed by atoms with Crippen LogP contribution >= 0.6 is 0 Å². The molecule has 0 heterocycles. The smallest absolute Gasteiger partial charge is 0.0186 e. The van der Waals surface area contributed by atoms with Crippen LogP contribution in [0.15, 0.2) is 23.8 Å². The van der Waals surface area contributed by atoms with Crippen molar-refractivity contribution in [3.05, 3.63) is 23.8 Å². The van der Waals surface area contributed by atoms with Gasteiger partial charge in [0.05, 0.1) is 0 Å². The van der Waals surface area contributed by atoms with Gasteiger partial charge in [-0.25, -0.2) is 0 Å². The van der Waals surface area contributed by atoms with Crippen molar-refractivity contribution in [3.8, 4) is 11.8 Å². The Labute approximate surface area is 49.9 Å². The second-order valence-corrected chi connectivity index (χ2v) is 1.80. The van der Waals surface area contributed by atoms with E-state index in [9.17, 15) is 0 Å². The SMILES string of the molecule is C=C1C#CC(CC)=C1. The van der Waals surface area contributed by atoms with E-state index in [4.69, 9.17) is 0 Å². The van der Waals surface area contributed by atoms with E-state index in [2.05, 4.69) is 25.3 Å². The lowest BCUT2D eigenvalue weighted by molar-refractivity contribution is 1.17. The first-order valence-corrected chi connectivity index (χ1v) is 2.74. The molecule has 0 atom stereocenters. The lowest BCUT2D eigenvalue weighted by Crippen LogP contribution is -1.67. The van der Waals surface area contributed by atoms with Gasteiger partial charge >= 0.3 is 0 Å². The van der Waals surface area contributed by atoms with Gasteiger partial charge in [-0.15, -0.1) is 0 Å². The van der Waals surface area contributed by atoms with Crippen molar-refractivity contribution in [2.24, 2.45) is 0 Å². The highest BCUT2D eigenvalue weighted by Crippen LogP contribution is 2.08. The van der Waals surface area contributed by atoms with Crippen molar-refractivity contribution in [2.75, 3.05) is 0 Å². The van der Waals surface area contributed by atoms with Gasteiger partial charge in [0.15, 0.2) is 0 Å². The summed E-state index contributed by atoms with van der Waals surface area (Å²) in [7, 11) is 0. The zero-order chi connectivity index (χ0) is 5.98. The monoisotopic (exact) mass is 104 g/mol. The number of allylic oxidation sites excluding steroid dienone is 3. The zero-order valence-corrected chi connectivity index (χ0v) is 4.99. The largest absolute Gasteiger partial charge is 0.0832 e. The molecule has 0 amide bonds. The van der Waals surface area contributed by atoms with Crippen LogP contribution in [-0.2, 0) is 0 Å². The van der Waals surface area contributed by atoms with E-state index in [0.717, 1.165) is 12.0 Å². The van der Waals surface area contributed by atoms with Crippen LogP contribution < -0.4 is 0 Å². The lowest BCUT2D eigenvalue weighted by Gasteiger charge is -1.82. The minimum atomic E-state index is 0.946. The summed E-state index contributed by atoms with van der Waals surface area (Å²) < 4.78 is 0. The second-order valence-electron chi connectivity index (χ2n) is 1.80. The van der Waals surface area contributed by atoms with E-state index >= 15 is 0 Å². The molecule has 40 valence electrons. The van der Waals surface area contributed by atoms with E-state index in [0.29, 0.717) is 0 Å². The third-order valence-electron chi connectivity index (χ3n) is 1.11. The van der Waals surface area contributed by atoms with E-state index in [1.54, 1.807) is 0 Å². The van der Waals surface area contributed by atoms with Crippen LogP contribution in [0.4, 0.5) is 0 Å².